The Hall–Kier alpha value is -2.38. The van der Waals surface area contributed by atoms with E-state index in [2.05, 4.69) is 5.32 Å². The predicted molar refractivity (Wildman–Crippen MR) is 97.2 cm³/mol. The lowest BCUT2D eigenvalue weighted by atomic mass is 10.2. The third kappa shape index (κ3) is 4.58. The second-order valence-electron chi connectivity index (χ2n) is 5.83. The average molecular weight is 362 g/mol. The highest BCUT2D eigenvalue weighted by Gasteiger charge is 2.20. The fourth-order valence-corrected chi connectivity index (χ4v) is 3.03. The van der Waals surface area contributed by atoms with Crippen molar-refractivity contribution in [1.82, 2.24) is 4.31 Å². The van der Waals surface area contributed by atoms with E-state index in [9.17, 15) is 13.2 Å². The van der Waals surface area contributed by atoms with E-state index in [1.54, 1.807) is 32.0 Å². The van der Waals surface area contributed by atoms with Crippen molar-refractivity contribution < 1.29 is 17.9 Å². The van der Waals surface area contributed by atoms with E-state index < -0.39 is 16.1 Å². The standard InChI is InChI=1S/C18H22N2O4S/c1-13-10-11-16(25(22,23)20(3)4)12-17(13)19-18(21)14(2)24-15-8-6-5-7-9-15/h5-12,14H,1-4H3,(H,19,21). The molecule has 0 aliphatic rings. The van der Waals surface area contributed by atoms with E-state index in [4.69, 9.17) is 4.74 Å². The maximum atomic E-state index is 12.4. The van der Waals surface area contributed by atoms with Crippen LogP contribution in [0.2, 0.25) is 0 Å². The number of hydrogen-bond acceptors (Lipinski definition) is 4. The molecule has 2 aromatic carbocycles. The Morgan fingerprint density at radius 3 is 2.36 bits per heavy atom. The number of amides is 1. The van der Waals surface area contributed by atoms with Crippen LogP contribution in [0, 0.1) is 6.92 Å². The molecule has 0 saturated carbocycles. The Kier molecular flexibility index (Phi) is 5.81. The van der Waals surface area contributed by atoms with Crippen LogP contribution in [0.4, 0.5) is 5.69 Å². The number of ether oxygens (including phenoxy) is 1. The number of nitrogens with one attached hydrogen (secondary N) is 1. The molecule has 0 spiro atoms. The van der Waals surface area contributed by atoms with Gasteiger partial charge in [-0.1, -0.05) is 24.3 Å². The molecule has 6 nitrogen and oxygen atoms in total. The van der Waals surface area contributed by atoms with Gasteiger partial charge in [0.25, 0.3) is 5.91 Å². The Labute approximate surface area is 148 Å². The number of carbonyl (C=O) groups is 1. The van der Waals surface area contributed by atoms with Crippen LogP contribution in [0.3, 0.4) is 0 Å². The Bertz CT molecular complexity index is 849. The first-order valence-corrected chi connectivity index (χ1v) is 9.21. The first-order valence-electron chi connectivity index (χ1n) is 7.77. The Morgan fingerprint density at radius 2 is 1.76 bits per heavy atom. The highest BCUT2D eigenvalue weighted by Crippen LogP contribution is 2.22. The van der Waals surface area contributed by atoms with Gasteiger partial charge in [0, 0.05) is 19.8 Å². The van der Waals surface area contributed by atoms with Crippen LogP contribution in [0.1, 0.15) is 12.5 Å². The average Bonchev–Trinajstić information content (AvgIpc) is 2.57. The fraction of sp³-hybridized carbons (Fsp3) is 0.278. The van der Waals surface area contributed by atoms with Crippen LogP contribution in [-0.2, 0) is 14.8 Å². The summed E-state index contributed by atoms with van der Waals surface area (Å²) in [7, 11) is -0.647. The molecule has 0 heterocycles. The summed E-state index contributed by atoms with van der Waals surface area (Å²) in [6, 6.07) is 13.7. The second-order valence-corrected chi connectivity index (χ2v) is 7.98. The van der Waals surface area contributed by atoms with Gasteiger partial charge in [0.15, 0.2) is 6.10 Å². The number of benzene rings is 2. The van der Waals surface area contributed by atoms with Crippen molar-refractivity contribution in [2.45, 2.75) is 24.8 Å². The highest BCUT2D eigenvalue weighted by atomic mass is 32.2. The molecule has 7 heteroatoms. The molecule has 0 bridgehead atoms. The van der Waals surface area contributed by atoms with E-state index in [1.165, 1.54) is 26.2 Å². The highest BCUT2D eigenvalue weighted by molar-refractivity contribution is 7.89. The summed E-state index contributed by atoms with van der Waals surface area (Å²) in [6.07, 6.45) is -0.726. The zero-order valence-corrected chi connectivity index (χ0v) is 15.5. The molecule has 2 aromatic rings. The van der Waals surface area contributed by atoms with Crippen LogP contribution in [0.15, 0.2) is 53.4 Å². The first kappa shape index (κ1) is 19.0. The molecule has 0 saturated heterocycles. The number of carbonyl (C=O) groups excluding carboxylic acids is 1. The van der Waals surface area contributed by atoms with Gasteiger partial charge in [0.1, 0.15) is 5.75 Å². The Balaban J connectivity index is 2.17. The number of rotatable bonds is 6. The molecular formula is C18H22N2O4S. The molecule has 0 radical (unpaired) electrons. The number of para-hydroxylation sites is 1. The molecule has 0 aromatic heterocycles. The third-order valence-corrected chi connectivity index (χ3v) is 5.48. The van der Waals surface area contributed by atoms with Crippen molar-refractivity contribution in [2.75, 3.05) is 19.4 Å². The van der Waals surface area contributed by atoms with Crippen LogP contribution in [-0.4, -0.2) is 38.8 Å². The molecule has 2 rings (SSSR count). The van der Waals surface area contributed by atoms with E-state index in [1.807, 2.05) is 18.2 Å². The molecule has 1 unspecified atom stereocenters. The molecule has 1 atom stereocenters. The maximum absolute atomic E-state index is 12.4. The van der Waals surface area contributed by atoms with Gasteiger partial charge < -0.3 is 10.1 Å². The van der Waals surface area contributed by atoms with Gasteiger partial charge in [-0.25, -0.2) is 12.7 Å². The maximum Gasteiger partial charge on any atom is 0.265 e. The molecule has 0 fully saturated rings. The summed E-state index contributed by atoms with van der Waals surface area (Å²) in [6.45, 7) is 3.43. The van der Waals surface area contributed by atoms with Crippen molar-refractivity contribution in [1.29, 1.82) is 0 Å². The molecule has 0 aliphatic carbocycles. The second kappa shape index (κ2) is 7.67. The zero-order valence-electron chi connectivity index (χ0n) is 14.7. The van der Waals surface area contributed by atoms with Crippen molar-refractivity contribution in [3.05, 3.63) is 54.1 Å². The molecule has 0 aliphatic heterocycles. The van der Waals surface area contributed by atoms with Crippen LogP contribution in [0.5, 0.6) is 5.75 Å². The molecule has 134 valence electrons. The summed E-state index contributed by atoms with van der Waals surface area (Å²) in [5.41, 5.74) is 1.20. The number of anilines is 1. The van der Waals surface area contributed by atoms with Gasteiger partial charge in [0.2, 0.25) is 10.0 Å². The van der Waals surface area contributed by atoms with E-state index in [-0.39, 0.29) is 10.8 Å². The van der Waals surface area contributed by atoms with E-state index >= 15 is 0 Å². The molecule has 1 N–H and O–H groups in total. The zero-order chi connectivity index (χ0) is 18.6. The van der Waals surface area contributed by atoms with Crippen LogP contribution in [0.25, 0.3) is 0 Å². The molecule has 25 heavy (non-hydrogen) atoms. The lowest BCUT2D eigenvalue weighted by Gasteiger charge is -2.17. The van der Waals surface area contributed by atoms with Gasteiger partial charge >= 0.3 is 0 Å². The topological polar surface area (TPSA) is 75.7 Å². The van der Waals surface area contributed by atoms with Gasteiger partial charge in [0.05, 0.1) is 4.90 Å². The lowest BCUT2D eigenvalue weighted by molar-refractivity contribution is -0.122. The van der Waals surface area contributed by atoms with E-state index in [0.29, 0.717) is 11.4 Å². The lowest BCUT2D eigenvalue weighted by Crippen LogP contribution is -2.30. The quantitative estimate of drug-likeness (QED) is 0.857. The summed E-state index contributed by atoms with van der Waals surface area (Å²) in [4.78, 5) is 12.5. The predicted octanol–water partition coefficient (Wildman–Crippen LogP) is 2.65. The fourth-order valence-electron chi connectivity index (χ4n) is 2.10. The largest absolute Gasteiger partial charge is 0.481 e. The van der Waals surface area contributed by atoms with Crippen molar-refractivity contribution in [3.8, 4) is 5.75 Å². The minimum Gasteiger partial charge on any atom is -0.481 e. The van der Waals surface area contributed by atoms with Crippen molar-refractivity contribution in [2.24, 2.45) is 0 Å². The number of sulfonamides is 1. The van der Waals surface area contributed by atoms with Gasteiger partial charge in [-0.05, 0) is 43.7 Å². The Morgan fingerprint density at radius 1 is 1.12 bits per heavy atom. The summed E-state index contributed by atoms with van der Waals surface area (Å²) < 4.78 is 31.2. The minimum atomic E-state index is -3.57. The van der Waals surface area contributed by atoms with Gasteiger partial charge in [-0.3, -0.25) is 4.79 Å². The molecule has 1 amide bonds. The van der Waals surface area contributed by atoms with Gasteiger partial charge in [-0.15, -0.1) is 0 Å². The summed E-state index contributed by atoms with van der Waals surface area (Å²) in [5.74, 6) is 0.233. The summed E-state index contributed by atoms with van der Waals surface area (Å²) in [5, 5.41) is 2.73. The van der Waals surface area contributed by atoms with Crippen LogP contribution < -0.4 is 10.1 Å². The number of aryl methyl sites for hydroxylation is 1. The SMILES string of the molecule is Cc1ccc(S(=O)(=O)N(C)C)cc1NC(=O)C(C)Oc1ccccc1. The normalized spacial score (nSPS) is 12.7. The first-order chi connectivity index (χ1) is 11.7. The summed E-state index contributed by atoms with van der Waals surface area (Å²) >= 11 is 0. The van der Waals surface area contributed by atoms with E-state index in [0.717, 1.165) is 9.87 Å². The van der Waals surface area contributed by atoms with Crippen LogP contribution >= 0.6 is 0 Å². The third-order valence-electron chi connectivity index (χ3n) is 3.67. The van der Waals surface area contributed by atoms with Crippen molar-refractivity contribution >= 4 is 21.6 Å². The minimum absolute atomic E-state index is 0.120. The smallest absolute Gasteiger partial charge is 0.265 e. The molecular weight excluding hydrogens is 340 g/mol. The number of hydrogen-bond donors (Lipinski definition) is 1. The number of nitrogens with zero attached hydrogens (tertiary/aromatic N) is 1. The van der Waals surface area contributed by atoms with Gasteiger partial charge in [-0.2, -0.15) is 0 Å². The van der Waals surface area contributed by atoms with Crippen molar-refractivity contribution in [3.63, 3.8) is 0 Å². The monoisotopic (exact) mass is 362 g/mol.